The molecule has 3 aromatic rings. The summed E-state index contributed by atoms with van der Waals surface area (Å²) >= 11 is 1.30. The zero-order valence-corrected chi connectivity index (χ0v) is 16.7. The number of aryl methyl sites for hydroxylation is 2. The molecule has 0 unspecified atom stereocenters. The third-order valence-electron chi connectivity index (χ3n) is 5.26. The highest BCUT2D eigenvalue weighted by atomic mass is 32.1. The monoisotopic (exact) mass is 397 g/mol. The van der Waals surface area contributed by atoms with Crippen LogP contribution in [0.5, 0.6) is 0 Å². The molecule has 0 saturated carbocycles. The minimum Gasteiger partial charge on any atom is -0.325 e. The van der Waals surface area contributed by atoms with Gasteiger partial charge in [-0.15, -0.1) is 11.3 Å². The van der Waals surface area contributed by atoms with Crippen molar-refractivity contribution in [2.75, 3.05) is 5.32 Å². The summed E-state index contributed by atoms with van der Waals surface area (Å²) in [4.78, 5) is 38.2. The number of amides is 1. The van der Waals surface area contributed by atoms with E-state index in [-0.39, 0.29) is 18.0 Å². The van der Waals surface area contributed by atoms with Crippen molar-refractivity contribution < 1.29 is 4.79 Å². The Labute approximate surface area is 166 Å². The highest BCUT2D eigenvalue weighted by Gasteiger charge is 2.17. The number of anilines is 1. The topological polar surface area (TPSA) is 73.1 Å². The van der Waals surface area contributed by atoms with Crippen molar-refractivity contribution >= 4 is 33.1 Å². The van der Waals surface area contributed by atoms with Gasteiger partial charge < -0.3 is 5.32 Å². The van der Waals surface area contributed by atoms with Gasteiger partial charge in [-0.25, -0.2) is 4.79 Å². The Morgan fingerprint density at radius 3 is 2.79 bits per heavy atom. The summed E-state index contributed by atoms with van der Waals surface area (Å²) in [5.74, 6) is -0.270. The molecule has 0 bridgehead atoms. The molecule has 0 atom stereocenters. The molecule has 1 N–H and O–H groups in total. The minimum absolute atomic E-state index is 0.116. The van der Waals surface area contributed by atoms with Crippen molar-refractivity contribution in [3.05, 3.63) is 61.6 Å². The Morgan fingerprint density at radius 1 is 1.14 bits per heavy atom. The second-order valence-electron chi connectivity index (χ2n) is 7.20. The van der Waals surface area contributed by atoms with Gasteiger partial charge in [0.25, 0.3) is 5.56 Å². The van der Waals surface area contributed by atoms with E-state index in [1.165, 1.54) is 31.6 Å². The maximum Gasteiger partial charge on any atom is 0.332 e. The molecule has 1 aliphatic rings. The molecular weight excluding hydrogens is 374 g/mol. The lowest BCUT2D eigenvalue weighted by Gasteiger charge is -2.12. The Bertz CT molecular complexity index is 1160. The van der Waals surface area contributed by atoms with Crippen molar-refractivity contribution in [2.24, 2.45) is 0 Å². The number of hydrogen-bond donors (Lipinski definition) is 1. The smallest absolute Gasteiger partial charge is 0.325 e. The van der Waals surface area contributed by atoms with E-state index < -0.39 is 5.69 Å². The van der Waals surface area contributed by atoms with Crippen molar-refractivity contribution in [1.82, 2.24) is 9.13 Å². The second-order valence-corrected chi connectivity index (χ2v) is 8.12. The molecule has 4 rings (SSSR count). The summed E-state index contributed by atoms with van der Waals surface area (Å²) in [6.07, 6.45) is 4.91. The molecule has 146 valence electrons. The van der Waals surface area contributed by atoms with Gasteiger partial charge in [0.1, 0.15) is 11.2 Å². The summed E-state index contributed by atoms with van der Waals surface area (Å²) < 4.78 is 3.18. The van der Waals surface area contributed by atoms with E-state index in [2.05, 4.69) is 11.4 Å². The Kier molecular flexibility index (Phi) is 5.17. The first-order valence-electron chi connectivity index (χ1n) is 9.71. The molecule has 7 heteroatoms. The molecule has 0 aliphatic heterocycles. The van der Waals surface area contributed by atoms with Gasteiger partial charge in [0.05, 0.1) is 5.52 Å². The van der Waals surface area contributed by atoms with Crippen LogP contribution in [-0.4, -0.2) is 15.0 Å². The van der Waals surface area contributed by atoms with Crippen LogP contribution in [0, 0.1) is 0 Å². The number of fused-ring (bicyclic) bond motifs is 2. The van der Waals surface area contributed by atoms with E-state index >= 15 is 0 Å². The molecule has 0 radical (unpaired) electrons. The number of carbonyl (C=O) groups is 1. The number of nitrogens with zero attached hydrogens (tertiary/aromatic N) is 2. The van der Waals surface area contributed by atoms with Crippen LogP contribution in [0.1, 0.15) is 37.3 Å². The average molecular weight is 398 g/mol. The number of benzene rings is 1. The molecule has 1 aliphatic carbocycles. The summed E-state index contributed by atoms with van der Waals surface area (Å²) in [5, 5.41) is 4.68. The van der Waals surface area contributed by atoms with Gasteiger partial charge in [0.15, 0.2) is 0 Å². The number of hydrogen-bond acceptors (Lipinski definition) is 4. The third-order valence-corrected chi connectivity index (χ3v) is 6.15. The standard InChI is InChI=1S/C21H23N3O3S/c1-2-3-10-23-20(26)19-17(9-11-28-19)24(21(23)27)13-18(25)22-16-8-7-14-5-4-6-15(14)12-16/h7-9,11-12H,2-6,10,13H2,1H3,(H,22,25). The molecule has 28 heavy (non-hydrogen) atoms. The first kappa shape index (κ1) is 18.7. The zero-order chi connectivity index (χ0) is 19.7. The van der Waals surface area contributed by atoms with Gasteiger partial charge >= 0.3 is 5.69 Å². The van der Waals surface area contributed by atoms with Crippen LogP contribution in [-0.2, 0) is 30.7 Å². The molecule has 0 saturated heterocycles. The molecule has 6 nitrogen and oxygen atoms in total. The first-order chi connectivity index (χ1) is 13.6. The summed E-state index contributed by atoms with van der Waals surface area (Å²) in [6, 6.07) is 7.72. The zero-order valence-electron chi connectivity index (χ0n) is 15.9. The van der Waals surface area contributed by atoms with E-state index in [1.807, 2.05) is 19.1 Å². The van der Waals surface area contributed by atoms with Gasteiger partial charge in [-0.2, -0.15) is 0 Å². The van der Waals surface area contributed by atoms with E-state index in [0.29, 0.717) is 16.8 Å². The van der Waals surface area contributed by atoms with E-state index in [1.54, 1.807) is 11.4 Å². The lowest BCUT2D eigenvalue weighted by molar-refractivity contribution is -0.116. The fourth-order valence-corrected chi connectivity index (χ4v) is 4.64. The van der Waals surface area contributed by atoms with Crippen LogP contribution in [0.25, 0.3) is 10.2 Å². The lowest BCUT2D eigenvalue weighted by Crippen LogP contribution is -2.41. The van der Waals surface area contributed by atoms with Crippen LogP contribution in [0.2, 0.25) is 0 Å². The molecule has 1 amide bonds. The predicted octanol–water partition coefficient (Wildman–Crippen LogP) is 3.15. The van der Waals surface area contributed by atoms with Crippen LogP contribution >= 0.6 is 11.3 Å². The van der Waals surface area contributed by atoms with Gasteiger partial charge in [-0.3, -0.25) is 18.7 Å². The summed E-state index contributed by atoms with van der Waals surface area (Å²) in [5.41, 5.74) is 3.21. The molecule has 2 heterocycles. The first-order valence-corrected chi connectivity index (χ1v) is 10.6. The number of nitrogens with one attached hydrogen (secondary N) is 1. The normalized spacial score (nSPS) is 13.0. The summed E-state index contributed by atoms with van der Waals surface area (Å²) in [7, 11) is 0. The quantitative estimate of drug-likeness (QED) is 0.694. The van der Waals surface area contributed by atoms with Gasteiger partial charge in [-0.1, -0.05) is 19.4 Å². The van der Waals surface area contributed by atoms with E-state index in [9.17, 15) is 14.4 Å². The fourth-order valence-electron chi connectivity index (χ4n) is 3.79. The third kappa shape index (κ3) is 3.42. The maximum absolute atomic E-state index is 12.9. The highest BCUT2D eigenvalue weighted by Crippen LogP contribution is 2.25. The number of aromatic nitrogens is 2. The number of thiophene rings is 1. The second kappa shape index (κ2) is 7.75. The molecule has 0 fully saturated rings. The minimum atomic E-state index is -0.423. The van der Waals surface area contributed by atoms with Gasteiger partial charge in [0.2, 0.25) is 5.91 Å². The van der Waals surface area contributed by atoms with E-state index in [4.69, 9.17) is 0 Å². The van der Waals surface area contributed by atoms with Crippen LogP contribution in [0.4, 0.5) is 5.69 Å². The number of rotatable bonds is 6. The molecule has 2 aromatic heterocycles. The maximum atomic E-state index is 12.9. The molecule has 0 spiro atoms. The Balaban J connectivity index is 1.63. The van der Waals surface area contributed by atoms with Crippen LogP contribution in [0.3, 0.4) is 0 Å². The highest BCUT2D eigenvalue weighted by molar-refractivity contribution is 7.17. The molecular formula is C21H23N3O3S. The van der Waals surface area contributed by atoms with Crippen molar-refractivity contribution in [3.8, 4) is 0 Å². The van der Waals surface area contributed by atoms with Crippen LogP contribution < -0.4 is 16.6 Å². The number of unbranched alkanes of at least 4 members (excludes halogenated alkanes) is 1. The summed E-state index contributed by atoms with van der Waals surface area (Å²) in [6.45, 7) is 2.27. The van der Waals surface area contributed by atoms with Crippen molar-refractivity contribution in [3.63, 3.8) is 0 Å². The molecule has 1 aromatic carbocycles. The van der Waals surface area contributed by atoms with Crippen molar-refractivity contribution in [1.29, 1.82) is 0 Å². The largest absolute Gasteiger partial charge is 0.332 e. The van der Waals surface area contributed by atoms with Crippen LogP contribution in [0.15, 0.2) is 39.2 Å². The van der Waals surface area contributed by atoms with Gasteiger partial charge in [-0.05, 0) is 60.4 Å². The van der Waals surface area contributed by atoms with Crippen molar-refractivity contribution in [2.45, 2.75) is 52.1 Å². The predicted molar refractivity (Wildman–Crippen MR) is 112 cm³/mol. The SMILES string of the molecule is CCCCn1c(=O)c2sccc2n(CC(=O)Nc2ccc3c(c2)CCC3)c1=O. The fraction of sp³-hybridized carbons (Fsp3) is 0.381. The lowest BCUT2D eigenvalue weighted by atomic mass is 10.1. The number of carbonyl (C=O) groups excluding carboxylic acids is 1. The Morgan fingerprint density at radius 2 is 1.96 bits per heavy atom. The van der Waals surface area contributed by atoms with E-state index in [0.717, 1.165) is 37.8 Å². The average Bonchev–Trinajstić information content (AvgIpc) is 3.34. The Hall–Kier alpha value is -2.67. The van der Waals surface area contributed by atoms with Gasteiger partial charge in [0, 0.05) is 12.2 Å².